The predicted octanol–water partition coefficient (Wildman–Crippen LogP) is 0.0585. The van der Waals surface area contributed by atoms with Crippen molar-refractivity contribution in [1.29, 1.82) is 0 Å². The third-order valence-corrected chi connectivity index (χ3v) is 4.98. The number of hydrogen-bond acceptors (Lipinski definition) is 5. The van der Waals surface area contributed by atoms with Gasteiger partial charge in [0.15, 0.2) is 0 Å². The molecule has 0 spiro atoms. The number of hydrogen-bond donors (Lipinski definition) is 2. The van der Waals surface area contributed by atoms with E-state index in [1.807, 2.05) is 11.8 Å². The summed E-state index contributed by atoms with van der Waals surface area (Å²) in [5, 5.41) is 12.8. The van der Waals surface area contributed by atoms with Crippen LogP contribution in [0.25, 0.3) is 0 Å². The molecule has 3 aliphatic rings. The lowest BCUT2D eigenvalue weighted by atomic mass is 9.94. The predicted molar refractivity (Wildman–Crippen MR) is 86.2 cm³/mol. The van der Waals surface area contributed by atoms with Gasteiger partial charge in [-0.1, -0.05) is 0 Å². The van der Waals surface area contributed by atoms with Crippen LogP contribution in [-0.4, -0.2) is 72.5 Å². The van der Waals surface area contributed by atoms with E-state index in [9.17, 15) is 14.7 Å². The van der Waals surface area contributed by atoms with Crippen LogP contribution in [0.3, 0.4) is 0 Å². The normalized spacial score (nSPS) is 34.0. The zero-order chi connectivity index (χ0) is 17.1. The molecule has 1 saturated carbocycles. The molecule has 2 amide bonds. The van der Waals surface area contributed by atoms with Crippen LogP contribution < -0.4 is 5.32 Å². The lowest BCUT2D eigenvalue weighted by Crippen LogP contribution is -2.57. The lowest BCUT2D eigenvalue weighted by molar-refractivity contribution is -0.170. The van der Waals surface area contributed by atoms with Crippen LogP contribution >= 0.6 is 0 Å². The first-order valence-electron chi connectivity index (χ1n) is 9.07. The molecule has 2 N–H and O–H groups in total. The van der Waals surface area contributed by atoms with E-state index < -0.39 is 6.10 Å². The standard InChI is InChI=1S/C17H28N2O5/c1-2-18-16(21)7-13-5-6-14-15(24-13)10-23-9-12(20)8-19(14)17(22)11-3-4-11/h11-15,20H,2-10H2,1H3,(H,18,21)/t12-,13-,14+,15-/m1/s1. The van der Waals surface area contributed by atoms with E-state index in [0.717, 1.165) is 25.7 Å². The Bertz CT molecular complexity index is 468. The Labute approximate surface area is 142 Å². The molecule has 2 saturated heterocycles. The van der Waals surface area contributed by atoms with Gasteiger partial charge in [0.1, 0.15) is 6.10 Å². The summed E-state index contributed by atoms with van der Waals surface area (Å²) in [5.41, 5.74) is 0. The number of carbonyl (C=O) groups excluding carboxylic acids is 2. The van der Waals surface area contributed by atoms with E-state index in [1.165, 1.54) is 0 Å². The Balaban J connectivity index is 1.65. The van der Waals surface area contributed by atoms with Crippen molar-refractivity contribution in [3.05, 3.63) is 0 Å². The SMILES string of the molecule is CCNC(=O)C[C@H]1CC[C@H]2[C@@H](COC[C@H](O)CN2C(=O)C2CC2)O1. The molecule has 0 aromatic heterocycles. The lowest BCUT2D eigenvalue weighted by Gasteiger charge is -2.44. The Hall–Kier alpha value is -1.18. The minimum Gasteiger partial charge on any atom is -0.389 e. The molecule has 1 aliphatic carbocycles. The summed E-state index contributed by atoms with van der Waals surface area (Å²) in [6, 6.07) is -0.0708. The molecule has 136 valence electrons. The summed E-state index contributed by atoms with van der Waals surface area (Å²) in [5.74, 6) is 0.247. The summed E-state index contributed by atoms with van der Waals surface area (Å²) >= 11 is 0. The number of carbonyl (C=O) groups is 2. The molecule has 0 aromatic rings. The summed E-state index contributed by atoms with van der Waals surface area (Å²) < 4.78 is 11.6. The molecule has 2 heterocycles. The molecule has 3 rings (SSSR count). The third kappa shape index (κ3) is 4.26. The first-order chi connectivity index (χ1) is 11.6. The molecule has 0 radical (unpaired) electrons. The van der Waals surface area contributed by atoms with E-state index in [0.29, 0.717) is 26.1 Å². The van der Waals surface area contributed by atoms with Crippen LogP contribution in [0.2, 0.25) is 0 Å². The quantitative estimate of drug-likeness (QED) is 0.755. The number of fused-ring (bicyclic) bond motifs is 1. The number of rotatable bonds is 4. The molecule has 24 heavy (non-hydrogen) atoms. The van der Waals surface area contributed by atoms with Gasteiger partial charge in [0.05, 0.1) is 37.9 Å². The number of aliphatic hydroxyl groups excluding tert-OH is 1. The molecular formula is C17H28N2O5. The number of nitrogens with zero attached hydrogens (tertiary/aromatic N) is 1. The van der Waals surface area contributed by atoms with Gasteiger partial charge in [-0.15, -0.1) is 0 Å². The highest BCUT2D eigenvalue weighted by atomic mass is 16.5. The third-order valence-electron chi connectivity index (χ3n) is 4.98. The second kappa shape index (κ2) is 7.80. The average molecular weight is 340 g/mol. The van der Waals surface area contributed by atoms with Gasteiger partial charge in [0.25, 0.3) is 0 Å². The van der Waals surface area contributed by atoms with Crippen LogP contribution in [0.4, 0.5) is 0 Å². The van der Waals surface area contributed by atoms with Crippen molar-refractivity contribution < 1.29 is 24.2 Å². The molecule has 4 atom stereocenters. The van der Waals surface area contributed by atoms with Gasteiger partial charge >= 0.3 is 0 Å². The molecule has 0 unspecified atom stereocenters. The van der Waals surface area contributed by atoms with Crippen LogP contribution in [0.15, 0.2) is 0 Å². The van der Waals surface area contributed by atoms with Gasteiger partial charge in [0, 0.05) is 19.0 Å². The fraction of sp³-hybridized carbons (Fsp3) is 0.882. The molecule has 0 aromatic carbocycles. The number of aliphatic hydroxyl groups is 1. The molecular weight excluding hydrogens is 312 g/mol. The van der Waals surface area contributed by atoms with Crippen molar-refractivity contribution in [3.8, 4) is 0 Å². The highest BCUT2D eigenvalue weighted by Crippen LogP contribution is 2.35. The average Bonchev–Trinajstić information content (AvgIpc) is 3.36. The molecule has 7 heteroatoms. The Morgan fingerprint density at radius 2 is 2.00 bits per heavy atom. The minimum absolute atomic E-state index is 0.00551. The number of β-amino-alcohol motifs (C(OH)–C–C–N with tert-alkyl or cyclic N) is 1. The second-order valence-electron chi connectivity index (χ2n) is 7.06. The number of nitrogens with one attached hydrogen (secondary N) is 1. The number of ether oxygens (including phenoxy) is 2. The Kier molecular flexibility index (Phi) is 5.73. The van der Waals surface area contributed by atoms with Crippen LogP contribution in [0.5, 0.6) is 0 Å². The number of amides is 2. The van der Waals surface area contributed by atoms with Crippen molar-refractivity contribution in [2.45, 2.75) is 63.4 Å². The van der Waals surface area contributed by atoms with Gasteiger partial charge < -0.3 is 24.8 Å². The fourth-order valence-corrected chi connectivity index (χ4v) is 3.64. The Morgan fingerprint density at radius 1 is 1.21 bits per heavy atom. The highest BCUT2D eigenvalue weighted by Gasteiger charge is 2.43. The van der Waals surface area contributed by atoms with Crippen LogP contribution in [-0.2, 0) is 19.1 Å². The maximum Gasteiger partial charge on any atom is 0.226 e. The molecule has 2 aliphatic heterocycles. The fourth-order valence-electron chi connectivity index (χ4n) is 3.64. The topological polar surface area (TPSA) is 88.1 Å². The van der Waals surface area contributed by atoms with E-state index in [-0.39, 0.29) is 42.6 Å². The van der Waals surface area contributed by atoms with Crippen LogP contribution in [0, 0.1) is 5.92 Å². The van der Waals surface area contributed by atoms with Crippen molar-refractivity contribution in [1.82, 2.24) is 10.2 Å². The smallest absolute Gasteiger partial charge is 0.226 e. The maximum atomic E-state index is 12.6. The van der Waals surface area contributed by atoms with Gasteiger partial charge in [-0.25, -0.2) is 0 Å². The highest BCUT2D eigenvalue weighted by molar-refractivity contribution is 5.81. The zero-order valence-electron chi connectivity index (χ0n) is 14.3. The van der Waals surface area contributed by atoms with Gasteiger partial charge in [-0.2, -0.15) is 0 Å². The molecule has 0 bridgehead atoms. The Morgan fingerprint density at radius 3 is 2.71 bits per heavy atom. The summed E-state index contributed by atoms with van der Waals surface area (Å²) in [6.07, 6.45) is 2.74. The first kappa shape index (κ1) is 17.6. The van der Waals surface area contributed by atoms with Crippen molar-refractivity contribution in [3.63, 3.8) is 0 Å². The van der Waals surface area contributed by atoms with Gasteiger partial charge in [-0.05, 0) is 32.6 Å². The summed E-state index contributed by atoms with van der Waals surface area (Å²) in [4.78, 5) is 26.2. The summed E-state index contributed by atoms with van der Waals surface area (Å²) in [7, 11) is 0. The monoisotopic (exact) mass is 340 g/mol. The first-order valence-corrected chi connectivity index (χ1v) is 9.07. The van der Waals surface area contributed by atoms with Gasteiger partial charge in [0.2, 0.25) is 11.8 Å². The van der Waals surface area contributed by atoms with Crippen LogP contribution in [0.1, 0.15) is 39.0 Å². The molecule has 7 nitrogen and oxygen atoms in total. The van der Waals surface area contributed by atoms with Gasteiger partial charge in [-0.3, -0.25) is 9.59 Å². The van der Waals surface area contributed by atoms with E-state index in [1.54, 1.807) is 0 Å². The summed E-state index contributed by atoms with van der Waals surface area (Å²) in [6.45, 7) is 3.37. The van der Waals surface area contributed by atoms with Crippen molar-refractivity contribution in [2.75, 3.05) is 26.3 Å². The van der Waals surface area contributed by atoms with E-state index in [2.05, 4.69) is 5.32 Å². The van der Waals surface area contributed by atoms with Crippen molar-refractivity contribution >= 4 is 11.8 Å². The minimum atomic E-state index is -0.651. The maximum absolute atomic E-state index is 12.6. The van der Waals surface area contributed by atoms with Crippen molar-refractivity contribution in [2.24, 2.45) is 5.92 Å². The largest absolute Gasteiger partial charge is 0.389 e. The second-order valence-corrected chi connectivity index (χ2v) is 7.06. The van der Waals surface area contributed by atoms with E-state index >= 15 is 0 Å². The molecule has 3 fully saturated rings. The van der Waals surface area contributed by atoms with E-state index in [4.69, 9.17) is 9.47 Å². The zero-order valence-corrected chi connectivity index (χ0v) is 14.3.